The van der Waals surface area contributed by atoms with Crippen LogP contribution in [0.2, 0.25) is 0 Å². The Morgan fingerprint density at radius 3 is 2.47 bits per heavy atom. The molecule has 0 aromatic carbocycles. The molecule has 1 rings (SSSR count). The minimum atomic E-state index is -2.93. The van der Waals surface area contributed by atoms with Gasteiger partial charge in [-0.15, -0.1) is 0 Å². The normalized spacial score (nSPS) is 17.9. The van der Waals surface area contributed by atoms with Gasteiger partial charge in [-0.2, -0.15) is 0 Å². The molecule has 0 aromatic heterocycles. The van der Waals surface area contributed by atoms with E-state index < -0.39 is 9.84 Å². The second kappa shape index (κ2) is 5.49. The van der Waals surface area contributed by atoms with Crippen LogP contribution in [0.1, 0.15) is 38.5 Å². The zero-order valence-electron chi connectivity index (χ0n) is 9.16. The van der Waals surface area contributed by atoms with Crippen molar-refractivity contribution in [2.45, 2.75) is 44.6 Å². The van der Waals surface area contributed by atoms with E-state index in [-0.39, 0.29) is 11.7 Å². The summed E-state index contributed by atoms with van der Waals surface area (Å²) >= 11 is 0. The lowest BCUT2D eigenvalue weighted by Gasteiger charge is -2.11. The van der Waals surface area contributed by atoms with Crippen LogP contribution in [0.25, 0.3) is 0 Å². The van der Waals surface area contributed by atoms with Gasteiger partial charge in [0.2, 0.25) is 5.91 Å². The summed E-state index contributed by atoms with van der Waals surface area (Å²) in [6.07, 6.45) is 6.46. The van der Waals surface area contributed by atoms with Crippen LogP contribution >= 0.6 is 0 Å². The number of sulfone groups is 1. The predicted molar refractivity (Wildman–Crippen MR) is 59.3 cm³/mol. The first-order chi connectivity index (χ1) is 6.97. The van der Waals surface area contributed by atoms with Crippen LogP contribution in [0, 0.1) is 0 Å². The van der Waals surface area contributed by atoms with Crippen LogP contribution in [0.4, 0.5) is 0 Å². The second-order valence-corrected chi connectivity index (χ2v) is 6.54. The maximum absolute atomic E-state index is 11.4. The Kier molecular flexibility index (Phi) is 4.57. The summed E-state index contributed by atoms with van der Waals surface area (Å²) in [5, 5.41) is 2.93. The Morgan fingerprint density at radius 2 is 1.93 bits per heavy atom. The lowest BCUT2D eigenvalue weighted by Crippen LogP contribution is -2.32. The van der Waals surface area contributed by atoms with Crippen molar-refractivity contribution in [3.05, 3.63) is 0 Å². The molecule has 0 atom stereocenters. The highest BCUT2D eigenvalue weighted by Crippen LogP contribution is 2.17. The zero-order valence-corrected chi connectivity index (χ0v) is 9.98. The van der Waals surface area contributed by atoms with Gasteiger partial charge in [-0.1, -0.05) is 12.8 Å². The smallest absolute Gasteiger partial charge is 0.220 e. The molecule has 5 heteroatoms. The maximum atomic E-state index is 11.4. The van der Waals surface area contributed by atoms with Crippen molar-refractivity contribution in [2.75, 3.05) is 12.0 Å². The van der Waals surface area contributed by atoms with Crippen LogP contribution in [0.3, 0.4) is 0 Å². The lowest BCUT2D eigenvalue weighted by atomic mass is 10.2. The van der Waals surface area contributed by atoms with Gasteiger partial charge < -0.3 is 5.32 Å². The molecule has 0 spiro atoms. The van der Waals surface area contributed by atoms with Crippen molar-refractivity contribution < 1.29 is 13.2 Å². The van der Waals surface area contributed by atoms with E-state index in [0.29, 0.717) is 18.9 Å². The molecule has 0 unspecified atom stereocenters. The summed E-state index contributed by atoms with van der Waals surface area (Å²) in [6, 6.07) is 0.329. The molecule has 1 saturated carbocycles. The first kappa shape index (κ1) is 12.5. The van der Waals surface area contributed by atoms with Gasteiger partial charge in [0.15, 0.2) is 0 Å². The number of carbonyl (C=O) groups excluding carboxylic acids is 1. The molecule has 0 aromatic rings. The molecule has 0 bridgehead atoms. The van der Waals surface area contributed by atoms with Gasteiger partial charge >= 0.3 is 0 Å². The lowest BCUT2D eigenvalue weighted by molar-refractivity contribution is -0.121. The summed E-state index contributed by atoms with van der Waals surface area (Å²) in [7, 11) is -2.93. The first-order valence-corrected chi connectivity index (χ1v) is 7.50. The summed E-state index contributed by atoms with van der Waals surface area (Å²) in [5.41, 5.74) is 0. The van der Waals surface area contributed by atoms with E-state index in [9.17, 15) is 13.2 Å². The minimum Gasteiger partial charge on any atom is -0.353 e. The summed E-state index contributed by atoms with van der Waals surface area (Å²) in [4.78, 5) is 11.4. The third-order valence-corrected chi connectivity index (χ3v) is 3.67. The van der Waals surface area contributed by atoms with Crippen molar-refractivity contribution in [3.63, 3.8) is 0 Å². The molecule has 1 aliphatic carbocycles. The first-order valence-electron chi connectivity index (χ1n) is 5.44. The fourth-order valence-electron chi connectivity index (χ4n) is 1.86. The fourth-order valence-corrected chi connectivity index (χ4v) is 2.53. The number of carbonyl (C=O) groups is 1. The molecule has 4 nitrogen and oxygen atoms in total. The van der Waals surface area contributed by atoms with Crippen LogP contribution < -0.4 is 5.32 Å². The van der Waals surface area contributed by atoms with Gasteiger partial charge in [0, 0.05) is 18.7 Å². The molecule has 0 heterocycles. The van der Waals surface area contributed by atoms with E-state index in [2.05, 4.69) is 5.32 Å². The van der Waals surface area contributed by atoms with Crippen molar-refractivity contribution in [1.82, 2.24) is 5.32 Å². The molecule has 0 aliphatic heterocycles. The van der Waals surface area contributed by atoms with E-state index in [0.717, 1.165) is 12.8 Å². The van der Waals surface area contributed by atoms with Crippen molar-refractivity contribution in [1.29, 1.82) is 0 Å². The van der Waals surface area contributed by atoms with Crippen LogP contribution in [0.15, 0.2) is 0 Å². The highest BCUT2D eigenvalue weighted by atomic mass is 32.2. The van der Waals surface area contributed by atoms with Gasteiger partial charge in [0.1, 0.15) is 9.84 Å². The Morgan fingerprint density at radius 1 is 1.33 bits per heavy atom. The van der Waals surface area contributed by atoms with Gasteiger partial charge in [0.05, 0.1) is 5.75 Å². The molecule has 1 N–H and O–H groups in total. The van der Waals surface area contributed by atoms with Gasteiger partial charge in [-0.3, -0.25) is 4.79 Å². The minimum absolute atomic E-state index is 0.00875. The predicted octanol–water partition coefficient (Wildman–Crippen LogP) is 0.870. The number of nitrogens with one attached hydrogen (secondary N) is 1. The van der Waals surface area contributed by atoms with Crippen molar-refractivity contribution in [3.8, 4) is 0 Å². The molecule has 0 radical (unpaired) electrons. The molecular weight excluding hydrogens is 214 g/mol. The Bertz CT molecular complexity index is 305. The van der Waals surface area contributed by atoms with Crippen molar-refractivity contribution >= 4 is 15.7 Å². The van der Waals surface area contributed by atoms with Crippen LogP contribution in [0.5, 0.6) is 0 Å². The third kappa shape index (κ3) is 5.77. The molecule has 0 saturated heterocycles. The van der Waals surface area contributed by atoms with Crippen LogP contribution in [-0.4, -0.2) is 32.4 Å². The third-order valence-electron chi connectivity index (χ3n) is 2.64. The Balaban J connectivity index is 2.13. The average molecular weight is 233 g/mol. The summed E-state index contributed by atoms with van der Waals surface area (Å²) < 4.78 is 21.7. The number of hydrogen-bond donors (Lipinski definition) is 1. The van der Waals surface area contributed by atoms with E-state index in [1.807, 2.05) is 0 Å². The average Bonchev–Trinajstić information content (AvgIpc) is 2.54. The Hall–Kier alpha value is -0.580. The van der Waals surface area contributed by atoms with Gasteiger partial charge in [0.25, 0.3) is 0 Å². The number of rotatable bonds is 5. The summed E-state index contributed by atoms with van der Waals surface area (Å²) in [5.74, 6) is 0.0935. The highest BCUT2D eigenvalue weighted by Gasteiger charge is 2.16. The van der Waals surface area contributed by atoms with E-state index in [1.165, 1.54) is 19.1 Å². The summed E-state index contributed by atoms with van der Waals surface area (Å²) in [6.45, 7) is 0. The van der Waals surface area contributed by atoms with Gasteiger partial charge in [-0.25, -0.2) is 8.42 Å². The second-order valence-electron chi connectivity index (χ2n) is 4.28. The Labute approximate surface area is 91.4 Å². The highest BCUT2D eigenvalue weighted by molar-refractivity contribution is 7.90. The SMILES string of the molecule is CS(=O)(=O)CCCC(=O)NC1CCCC1. The molecule has 1 fully saturated rings. The van der Waals surface area contributed by atoms with E-state index in [4.69, 9.17) is 0 Å². The monoisotopic (exact) mass is 233 g/mol. The van der Waals surface area contributed by atoms with Crippen molar-refractivity contribution in [2.24, 2.45) is 0 Å². The van der Waals surface area contributed by atoms with Crippen LogP contribution in [-0.2, 0) is 14.6 Å². The largest absolute Gasteiger partial charge is 0.353 e. The molecular formula is C10H19NO3S. The molecule has 1 aliphatic rings. The standard InChI is InChI=1S/C10H19NO3S/c1-15(13,14)8-4-7-10(12)11-9-5-2-3-6-9/h9H,2-8H2,1H3,(H,11,12). The topological polar surface area (TPSA) is 63.2 Å². The molecule has 15 heavy (non-hydrogen) atoms. The maximum Gasteiger partial charge on any atom is 0.220 e. The van der Waals surface area contributed by atoms with E-state index in [1.54, 1.807) is 0 Å². The fraction of sp³-hybridized carbons (Fsp3) is 0.900. The number of amides is 1. The van der Waals surface area contributed by atoms with E-state index >= 15 is 0 Å². The molecule has 88 valence electrons. The number of hydrogen-bond acceptors (Lipinski definition) is 3. The zero-order chi connectivity index (χ0) is 11.3. The quantitative estimate of drug-likeness (QED) is 0.766. The van der Waals surface area contributed by atoms with Gasteiger partial charge in [-0.05, 0) is 19.3 Å². The molecule has 1 amide bonds.